The molecule has 0 aromatic heterocycles. The van der Waals surface area contributed by atoms with E-state index in [4.69, 9.17) is 5.11 Å². The maximum Gasteiger partial charge on any atom is 0.303 e. The molecule has 16 heavy (non-hydrogen) atoms. The van der Waals surface area contributed by atoms with Crippen molar-refractivity contribution >= 4 is 11.8 Å². The largest absolute Gasteiger partial charge is 0.481 e. The van der Waals surface area contributed by atoms with E-state index in [-0.39, 0.29) is 18.1 Å². The highest BCUT2D eigenvalue weighted by Crippen LogP contribution is 2.14. The van der Waals surface area contributed by atoms with Gasteiger partial charge in [0.15, 0.2) is 0 Å². The van der Waals surface area contributed by atoms with Crippen LogP contribution in [0, 0.1) is 11.8 Å². The van der Waals surface area contributed by atoms with Crippen molar-refractivity contribution in [1.82, 2.24) is 0 Å². The van der Waals surface area contributed by atoms with Crippen molar-refractivity contribution in [2.24, 2.45) is 11.8 Å². The van der Waals surface area contributed by atoms with Crippen molar-refractivity contribution in [1.29, 1.82) is 0 Å². The predicted molar refractivity (Wildman–Crippen MR) is 64.3 cm³/mol. The summed E-state index contributed by atoms with van der Waals surface area (Å²) in [6.07, 6.45) is 6.59. The highest BCUT2D eigenvalue weighted by atomic mass is 16.4. The average molecular weight is 226 g/mol. The number of carboxylic acid groups (broad SMARTS) is 1. The first-order valence-corrected chi connectivity index (χ1v) is 5.84. The van der Waals surface area contributed by atoms with Gasteiger partial charge in [0.25, 0.3) is 0 Å². The number of carbonyl (C=O) groups is 2. The van der Waals surface area contributed by atoms with Gasteiger partial charge in [0.1, 0.15) is 5.78 Å². The molecule has 0 saturated heterocycles. The second-order valence-electron chi connectivity index (χ2n) is 4.45. The molecule has 0 radical (unpaired) electrons. The Balaban J connectivity index is 3.80. The lowest BCUT2D eigenvalue weighted by atomic mass is 9.91. The van der Waals surface area contributed by atoms with Gasteiger partial charge in [-0.3, -0.25) is 9.59 Å². The quantitative estimate of drug-likeness (QED) is 0.511. The zero-order chi connectivity index (χ0) is 12.6. The van der Waals surface area contributed by atoms with Gasteiger partial charge in [-0.15, -0.1) is 0 Å². The molecule has 0 aliphatic heterocycles. The first kappa shape index (κ1) is 14.9. The third kappa shape index (κ3) is 7.21. The van der Waals surface area contributed by atoms with E-state index in [9.17, 15) is 9.59 Å². The Morgan fingerprint density at radius 3 is 2.31 bits per heavy atom. The van der Waals surface area contributed by atoms with Gasteiger partial charge in [-0.25, -0.2) is 0 Å². The SMILES string of the molecule is CC(=O)C(/C=C/CCCCC(=O)O)C(C)C. The molecule has 0 aromatic carbocycles. The monoisotopic (exact) mass is 226 g/mol. The van der Waals surface area contributed by atoms with E-state index in [1.54, 1.807) is 6.92 Å². The van der Waals surface area contributed by atoms with Crippen LogP contribution in [0.5, 0.6) is 0 Å². The molecule has 0 heterocycles. The van der Waals surface area contributed by atoms with Crippen molar-refractivity contribution in [2.45, 2.75) is 46.5 Å². The smallest absolute Gasteiger partial charge is 0.303 e. The standard InChI is InChI=1S/C13H22O3/c1-10(2)12(11(3)14)8-6-4-5-7-9-13(15)16/h6,8,10,12H,4-5,7,9H2,1-3H3,(H,15,16)/b8-6+. The number of ketones is 1. The molecule has 0 aromatic rings. The van der Waals surface area contributed by atoms with Crippen LogP contribution in [0.25, 0.3) is 0 Å². The van der Waals surface area contributed by atoms with Crippen molar-refractivity contribution in [3.8, 4) is 0 Å². The lowest BCUT2D eigenvalue weighted by Gasteiger charge is -2.12. The molecular weight excluding hydrogens is 204 g/mol. The molecular formula is C13H22O3. The molecule has 0 aliphatic carbocycles. The summed E-state index contributed by atoms with van der Waals surface area (Å²) in [5, 5.41) is 8.44. The maximum absolute atomic E-state index is 11.3. The Labute approximate surface area is 97.5 Å². The van der Waals surface area contributed by atoms with Crippen LogP contribution in [0.2, 0.25) is 0 Å². The molecule has 1 N–H and O–H groups in total. The molecule has 92 valence electrons. The van der Waals surface area contributed by atoms with Gasteiger partial charge in [-0.2, -0.15) is 0 Å². The van der Waals surface area contributed by atoms with Crippen LogP contribution in [0.4, 0.5) is 0 Å². The molecule has 0 fully saturated rings. The zero-order valence-corrected chi connectivity index (χ0v) is 10.4. The lowest BCUT2D eigenvalue weighted by Crippen LogP contribution is -2.14. The van der Waals surface area contributed by atoms with Gasteiger partial charge < -0.3 is 5.11 Å². The van der Waals surface area contributed by atoms with E-state index in [0.717, 1.165) is 12.8 Å². The second kappa shape index (κ2) is 8.08. The summed E-state index contributed by atoms with van der Waals surface area (Å²) in [6.45, 7) is 5.67. The minimum Gasteiger partial charge on any atom is -0.481 e. The summed E-state index contributed by atoms with van der Waals surface area (Å²) in [5.41, 5.74) is 0. The van der Waals surface area contributed by atoms with Gasteiger partial charge in [0.05, 0.1) is 0 Å². The Kier molecular flexibility index (Phi) is 7.52. The Bertz CT molecular complexity index is 254. The molecule has 0 bridgehead atoms. The van der Waals surface area contributed by atoms with Crippen LogP contribution in [-0.4, -0.2) is 16.9 Å². The van der Waals surface area contributed by atoms with Crippen LogP contribution in [0.15, 0.2) is 12.2 Å². The maximum atomic E-state index is 11.3. The predicted octanol–water partition coefficient (Wildman–Crippen LogP) is 3.05. The fourth-order valence-corrected chi connectivity index (χ4v) is 1.61. The third-order valence-electron chi connectivity index (χ3n) is 2.54. The highest BCUT2D eigenvalue weighted by molar-refractivity contribution is 5.80. The molecule has 0 spiro atoms. The molecule has 1 atom stereocenters. The summed E-state index contributed by atoms with van der Waals surface area (Å²) < 4.78 is 0. The second-order valence-corrected chi connectivity index (χ2v) is 4.45. The molecule has 1 unspecified atom stereocenters. The first-order chi connectivity index (χ1) is 7.45. The average Bonchev–Trinajstić information content (AvgIpc) is 2.14. The molecule has 3 nitrogen and oxygen atoms in total. The van der Waals surface area contributed by atoms with Crippen molar-refractivity contribution < 1.29 is 14.7 Å². The normalized spacial score (nSPS) is 13.2. The number of Topliss-reactive ketones (excluding diaryl/α,β-unsaturated/α-hetero) is 1. The molecule has 0 amide bonds. The van der Waals surface area contributed by atoms with Gasteiger partial charge in [0, 0.05) is 12.3 Å². The van der Waals surface area contributed by atoms with Crippen LogP contribution in [-0.2, 0) is 9.59 Å². The lowest BCUT2D eigenvalue weighted by molar-refractivity contribution is -0.137. The first-order valence-electron chi connectivity index (χ1n) is 5.84. The number of unbranched alkanes of at least 4 members (excludes halogenated alkanes) is 2. The minimum absolute atomic E-state index is 0.000487. The highest BCUT2D eigenvalue weighted by Gasteiger charge is 2.13. The zero-order valence-electron chi connectivity index (χ0n) is 10.4. The number of hydrogen-bond acceptors (Lipinski definition) is 2. The van der Waals surface area contributed by atoms with E-state index < -0.39 is 5.97 Å². The Morgan fingerprint density at radius 2 is 1.88 bits per heavy atom. The molecule has 3 heteroatoms. The number of aliphatic carboxylic acids is 1. The van der Waals surface area contributed by atoms with E-state index in [0.29, 0.717) is 12.3 Å². The number of hydrogen-bond donors (Lipinski definition) is 1. The number of carbonyl (C=O) groups excluding carboxylic acids is 1. The summed E-state index contributed by atoms with van der Waals surface area (Å²) in [7, 11) is 0. The fraction of sp³-hybridized carbons (Fsp3) is 0.692. The summed E-state index contributed by atoms with van der Waals surface area (Å²) in [4.78, 5) is 21.5. The number of allylic oxidation sites excluding steroid dienone is 2. The fourth-order valence-electron chi connectivity index (χ4n) is 1.61. The molecule has 0 aliphatic rings. The van der Waals surface area contributed by atoms with Crippen molar-refractivity contribution in [3.63, 3.8) is 0 Å². The Morgan fingerprint density at radius 1 is 1.25 bits per heavy atom. The third-order valence-corrected chi connectivity index (χ3v) is 2.54. The summed E-state index contributed by atoms with van der Waals surface area (Å²) >= 11 is 0. The van der Waals surface area contributed by atoms with Crippen LogP contribution in [0.1, 0.15) is 46.5 Å². The van der Waals surface area contributed by atoms with Gasteiger partial charge in [-0.1, -0.05) is 26.0 Å². The van der Waals surface area contributed by atoms with Crippen LogP contribution >= 0.6 is 0 Å². The summed E-state index contributed by atoms with van der Waals surface area (Å²) in [5.74, 6) is -0.225. The van der Waals surface area contributed by atoms with E-state index in [2.05, 4.69) is 0 Å². The van der Waals surface area contributed by atoms with Crippen molar-refractivity contribution in [2.75, 3.05) is 0 Å². The van der Waals surface area contributed by atoms with Crippen molar-refractivity contribution in [3.05, 3.63) is 12.2 Å². The van der Waals surface area contributed by atoms with E-state index >= 15 is 0 Å². The van der Waals surface area contributed by atoms with Gasteiger partial charge in [0.2, 0.25) is 0 Å². The van der Waals surface area contributed by atoms with Gasteiger partial charge in [-0.05, 0) is 32.1 Å². The number of rotatable bonds is 8. The molecule has 0 rings (SSSR count). The Hall–Kier alpha value is -1.12. The summed E-state index contributed by atoms with van der Waals surface area (Å²) in [6, 6.07) is 0. The minimum atomic E-state index is -0.743. The number of carboxylic acids is 1. The van der Waals surface area contributed by atoms with E-state index in [1.165, 1.54) is 0 Å². The van der Waals surface area contributed by atoms with Crippen LogP contribution in [0.3, 0.4) is 0 Å². The van der Waals surface area contributed by atoms with Crippen LogP contribution < -0.4 is 0 Å². The van der Waals surface area contributed by atoms with Gasteiger partial charge >= 0.3 is 5.97 Å². The topological polar surface area (TPSA) is 54.4 Å². The van der Waals surface area contributed by atoms with E-state index in [1.807, 2.05) is 26.0 Å². The molecule has 0 saturated carbocycles.